The van der Waals surface area contributed by atoms with Crippen LogP contribution in [0.4, 0.5) is 0 Å². The third-order valence-electron chi connectivity index (χ3n) is 7.91. The van der Waals surface area contributed by atoms with Crippen LogP contribution in [0, 0.1) is 0 Å². The monoisotopic (exact) mass is 539 g/mol. The second-order valence-corrected chi connectivity index (χ2v) is 11.7. The van der Waals surface area contributed by atoms with Gasteiger partial charge in [-0.1, -0.05) is 109 Å². The molecule has 0 unspecified atom stereocenters. The van der Waals surface area contributed by atoms with Crippen molar-refractivity contribution in [1.82, 2.24) is 0 Å². The molecule has 0 radical (unpaired) electrons. The van der Waals surface area contributed by atoms with Gasteiger partial charge in [0, 0.05) is 22.9 Å². The molecule has 0 spiro atoms. The van der Waals surface area contributed by atoms with Crippen LogP contribution in [0.1, 0.15) is 37.1 Å². The van der Waals surface area contributed by atoms with Crippen LogP contribution in [-0.2, 0) is 0 Å². The first-order chi connectivity index (χ1) is 19.7. The van der Waals surface area contributed by atoms with E-state index in [0.29, 0.717) is 0 Å². The molecule has 0 aliphatic rings. The molecule has 1 aromatic heterocycles. The molecule has 0 saturated heterocycles. The molecule has 7 aromatic rings. The van der Waals surface area contributed by atoms with Crippen LogP contribution in [0.5, 0.6) is 0 Å². The van der Waals surface area contributed by atoms with Crippen molar-refractivity contribution in [3.05, 3.63) is 145 Å². The standard InChI is InChI=1S/C36H30NO2P/c1-25(29-21-19-27-11-3-5-13-31(27)23-29)37(26(2)30-22-20-28-12-4-6-14-32(28)24-30)40-38-35-17-9-7-15-33(35)34-16-8-10-18-36(34)39-40/h3-26H,1-2H3/t25-,26-/m0/s1. The minimum absolute atomic E-state index is 0.0228. The second kappa shape index (κ2) is 10.4. The van der Waals surface area contributed by atoms with Crippen LogP contribution in [0.2, 0.25) is 0 Å². The molecule has 0 saturated carbocycles. The molecule has 2 atom stereocenters. The summed E-state index contributed by atoms with van der Waals surface area (Å²) in [4.78, 5) is 0. The van der Waals surface area contributed by atoms with Gasteiger partial charge in [0.1, 0.15) is 11.2 Å². The Bertz CT molecular complexity index is 1890. The van der Waals surface area contributed by atoms with E-state index >= 15 is 0 Å². The van der Waals surface area contributed by atoms with Gasteiger partial charge in [-0.2, -0.15) is 4.67 Å². The molecule has 40 heavy (non-hydrogen) atoms. The van der Waals surface area contributed by atoms with Crippen molar-refractivity contribution in [3.63, 3.8) is 0 Å². The van der Waals surface area contributed by atoms with Crippen LogP contribution in [-0.4, -0.2) is 0 Å². The zero-order valence-corrected chi connectivity index (χ0v) is 23.5. The fraction of sp³-hybridized carbons (Fsp3) is 0.111. The number of hydrogen-bond acceptors (Lipinski definition) is 3. The third-order valence-corrected chi connectivity index (χ3v) is 9.69. The van der Waals surface area contributed by atoms with Crippen molar-refractivity contribution in [3.8, 4) is 0 Å². The van der Waals surface area contributed by atoms with Gasteiger partial charge in [-0.25, -0.2) is 0 Å². The summed E-state index contributed by atoms with van der Waals surface area (Å²) in [5.41, 5.74) is 4.15. The van der Waals surface area contributed by atoms with E-state index in [2.05, 4.69) is 140 Å². The topological polar surface area (TPSA) is 29.5 Å². The maximum absolute atomic E-state index is 6.83. The van der Waals surface area contributed by atoms with Crippen LogP contribution in [0.25, 0.3) is 43.5 Å². The lowest BCUT2D eigenvalue weighted by Crippen LogP contribution is -2.27. The molecule has 0 N–H and O–H groups in total. The Morgan fingerprint density at radius 2 is 0.875 bits per heavy atom. The molecule has 0 fully saturated rings. The van der Waals surface area contributed by atoms with Gasteiger partial charge >= 0.3 is 8.16 Å². The van der Waals surface area contributed by atoms with E-state index in [9.17, 15) is 0 Å². The highest BCUT2D eigenvalue weighted by molar-refractivity contribution is 7.39. The molecule has 196 valence electrons. The van der Waals surface area contributed by atoms with Crippen molar-refractivity contribution in [1.29, 1.82) is 0 Å². The largest absolute Gasteiger partial charge is 0.408 e. The maximum atomic E-state index is 6.83. The molecular formula is C36H30NO2P. The van der Waals surface area contributed by atoms with Crippen LogP contribution in [0.3, 0.4) is 0 Å². The Balaban J connectivity index is 1.46. The van der Waals surface area contributed by atoms with Crippen molar-refractivity contribution in [2.75, 3.05) is 4.67 Å². The number of nitrogens with zero attached hydrogens (tertiary/aromatic N) is 1. The first-order valence-electron chi connectivity index (χ1n) is 13.8. The third kappa shape index (κ3) is 4.48. The normalized spacial score (nSPS) is 13.3. The Kier molecular flexibility index (Phi) is 6.40. The van der Waals surface area contributed by atoms with Crippen molar-refractivity contribution >= 4 is 51.6 Å². The maximum Gasteiger partial charge on any atom is 0.310 e. The van der Waals surface area contributed by atoms with Crippen molar-refractivity contribution < 1.29 is 8.39 Å². The van der Waals surface area contributed by atoms with Gasteiger partial charge in [0.05, 0.1) is 0 Å². The minimum Gasteiger partial charge on any atom is -0.408 e. The van der Waals surface area contributed by atoms with Gasteiger partial charge in [0.2, 0.25) is 0 Å². The molecule has 0 amide bonds. The number of rotatable bonds is 5. The summed E-state index contributed by atoms with van der Waals surface area (Å²) in [6.07, 6.45) is 0. The Morgan fingerprint density at radius 3 is 1.35 bits per heavy atom. The lowest BCUT2D eigenvalue weighted by molar-refractivity contribution is 0.559. The molecule has 0 aliphatic carbocycles. The minimum atomic E-state index is -1.51. The molecule has 6 aromatic carbocycles. The highest BCUT2D eigenvalue weighted by atomic mass is 31.1. The van der Waals surface area contributed by atoms with Gasteiger partial charge in [-0.15, -0.1) is 0 Å². The van der Waals surface area contributed by atoms with Crippen LogP contribution in [0.15, 0.2) is 142 Å². The summed E-state index contributed by atoms with van der Waals surface area (Å²) < 4.78 is 16.1. The quantitative estimate of drug-likeness (QED) is 0.218. The Morgan fingerprint density at radius 1 is 0.475 bits per heavy atom. The zero-order chi connectivity index (χ0) is 27.1. The Labute approximate surface area is 234 Å². The highest BCUT2D eigenvalue weighted by Gasteiger charge is 2.29. The van der Waals surface area contributed by atoms with E-state index < -0.39 is 8.16 Å². The van der Waals surface area contributed by atoms with E-state index in [4.69, 9.17) is 8.39 Å². The van der Waals surface area contributed by atoms with Gasteiger partial charge in [-0.05, 0) is 70.8 Å². The van der Waals surface area contributed by atoms with E-state index in [1.807, 2.05) is 12.1 Å². The molecule has 3 nitrogen and oxygen atoms in total. The molecule has 7 rings (SSSR count). The lowest BCUT2D eigenvalue weighted by atomic mass is 9.99. The van der Waals surface area contributed by atoms with Gasteiger partial charge in [0.25, 0.3) is 0 Å². The summed E-state index contributed by atoms with van der Waals surface area (Å²) >= 11 is 0. The summed E-state index contributed by atoms with van der Waals surface area (Å²) in [6, 6.07) is 47.1. The summed E-state index contributed by atoms with van der Waals surface area (Å²) in [5, 5.41) is 7.05. The number of fused-ring (bicyclic) bond motifs is 5. The van der Waals surface area contributed by atoms with E-state index in [1.54, 1.807) is 0 Å². The zero-order valence-electron chi connectivity index (χ0n) is 22.6. The van der Waals surface area contributed by atoms with Gasteiger partial charge in [0.15, 0.2) is 0 Å². The van der Waals surface area contributed by atoms with E-state index in [-0.39, 0.29) is 12.1 Å². The number of benzene rings is 6. The van der Waals surface area contributed by atoms with Crippen molar-refractivity contribution in [2.45, 2.75) is 25.9 Å². The fourth-order valence-electron chi connectivity index (χ4n) is 5.68. The van der Waals surface area contributed by atoms with Gasteiger partial charge < -0.3 is 8.39 Å². The predicted molar refractivity (Wildman–Crippen MR) is 169 cm³/mol. The first-order valence-corrected chi connectivity index (χ1v) is 14.9. The summed E-state index contributed by atoms with van der Waals surface area (Å²) in [7, 11) is -1.51. The highest BCUT2D eigenvalue weighted by Crippen LogP contribution is 2.46. The van der Waals surface area contributed by atoms with Gasteiger partial charge in [-0.3, -0.25) is 0 Å². The molecule has 1 heterocycles. The second-order valence-electron chi connectivity index (χ2n) is 10.4. The summed E-state index contributed by atoms with van der Waals surface area (Å²) in [6.45, 7) is 4.53. The van der Waals surface area contributed by atoms with Crippen LogP contribution >= 0.6 is 8.16 Å². The van der Waals surface area contributed by atoms with Crippen molar-refractivity contribution in [2.24, 2.45) is 0 Å². The van der Waals surface area contributed by atoms with E-state index in [1.165, 1.54) is 32.7 Å². The Hall–Kier alpha value is -4.30. The smallest absolute Gasteiger partial charge is 0.310 e. The summed E-state index contributed by atoms with van der Waals surface area (Å²) in [5.74, 6) is 0. The molecular weight excluding hydrogens is 509 g/mol. The van der Waals surface area contributed by atoms with Crippen LogP contribution < -0.4 is 4.67 Å². The predicted octanol–water partition coefficient (Wildman–Crippen LogP) is 11.1. The van der Waals surface area contributed by atoms with E-state index in [0.717, 1.165) is 21.9 Å². The molecule has 4 heteroatoms. The SMILES string of the molecule is C[C@@H](c1ccc2ccccc2c1)N([C@@H](C)c1ccc2ccccc2c1)p1oc2ccccc2c2ccccc2o1. The average molecular weight is 540 g/mol. The molecule has 0 aliphatic heterocycles. The number of para-hydroxylation sites is 2. The number of hydrogen-bond donors (Lipinski definition) is 0. The lowest BCUT2D eigenvalue weighted by Gasteiger charge is -2.32. The first kappa shape index (κ1) is 24.7. The molecule has 0 bridgehead atoms. The fourth-order valence-corrected chi connectivity index (χ4v) is 7.39. The average Bonchev–Trinajstić information content (AvgIpc) is 3.17.